The Kier molecular flexibility index (Phi) is 5.93. The van der Waals surface area contributed by atoms with Crippen molar-refractivity contribution in [3.63, 3.8) is 0 Å². The number of rotatable bonds is 5. The maximum absolute atomic E-state index is 12.0. The number of nitrogens with one attached hydrogen (secondary N) is 3. The standard InChI is InChI=1S/C11H22N4O2/c1-3-4-14-10(16)8-15(2)11(17)9-7-12-5-6-13-9/h9,12-13H,3-8H2,1-2H3,(H,14,16). The number of hydrogen-bond acceptors (Lipinski definition) is 4. The van der Waals surface area contributed by atoms with Gasteiger partial charge in [-0.2, -0.15) is 0 Å². The molecule has 98 valence electrons. The first kappa shape index (κ1) is 13.9. The van der Waals surface area contributed by atoms with Gasteiger partial charge in [0.15, 0.2) is 0 Å². The average molecular weight is 242 g/mol. The van der Waals surface area contributed by atoms with E-state index in [2.05, 4.69) is 16.0 Å². The molecule has 0 aromatic carbocycles. The molecule has 3 N–H and O–H groups in total. The van der Waals surface area contributed by atoms with Crippen molar-refractivity contribution in [1.82, 2.24) is 20.9 Å². The molecule has 1 fully saturated rings. The van der Waals surface area contributed by atoms with Crippen LogP contribution >= 0.6 is 0 Å². The molecular weight excluding hydrogens is 220 g/mol. The van der Waals surface area contributed by atoms with Crippen LogP contribution in [0.1, 0.15) is 13.3 Å². The van der Waals surface area contributed by atoms with Crippen LogP contribution < -0.4 is 16.0 Å². The predicted octanol–water partition coefficient (Wildman–Crippen LogP) is -1.47. The first-order chi connectivity index (χ1) is 8.15. The van der Waals surface area contributed by atoms with E-state index in [1.807, 2.05) is 6.92 Å². The van der Waals surface area contributed by atoms with E-state index in [4.69, 9.17) is 0 Å². The molecule has 1 aliphatic heterocycles. The Balaban J connectivity index is 2.32. The summed E-state index contributed by atoms with van der Waals surface area (Å²) in [4.78, 5) is 24.9. The smallest absolute Gasteiger partial charge is 0.241 e. The highest BCUT2D eigenvalue weighted by molar-refractivity contribution is 5.87. The summed E-state index contributed by atoms with van der Waals surface area (Å²) in [6, 6.07) is -0.215. The Bertz CT molecular complexity index is 264. The number of piperazine rings is 1. The Morgan fingerprint density at radius 3 is 2.76 bits per heavy atom. The highest BCUT2D eigenvalue weighted by Crippen LogP contribution is 1.94. The lowest BCUT2D eigenvalue weighted by Gasteiger charge is -2.27. The molecule has 1 atom stereocenters. The first-order valence-corrected chi connectivity index (χ1v) is 6.11. The van der Waals surface area contributed by atoms with Crippen LogP contribution in [0.4, 0.5) is 0 Å². The minimum Gasteiger partial charge on any atom is -0.355 e. The van der Waals surface area contributed by atoms with Crippen molar-refractivity contribution in [3.05, 3.63) is 0 Å². The minimum atomic E-state index is -0.215. The molecule has 0 radical (unpaired) electrons. The molecule has 0 aromatic rings. The fourth-order valence-corrected chi connectivity index (χ4v) is 1.71. The first-order valence-electron chi connectivity index (χ1n) is 6.11. The third kappa shape index (κ3) is 4.70. The van der Waals surface area contributed by atoms with Crippen LogP contribution in [0, 0.1) is 0 Å². The van der Waals surface area contributed by atoms with Gasteiger partial charge in [0, 0.05) is 33.2 Å². The molecule has 1 unspecified atom stereocenters. The lowest BCUT2D eigenvalue weighted by atomic mass is 10.2. The van der Waals surface area contributed by atoms with Crippen LogP contribution in [-0.2, 0) is 9.59 Å². The van der Waals surface area contributed by atoms with Crippen molar-refractivity contribution in [2.75, 3.05) is 39.8 Å². The van der Waals surface area contributed by atoms with E-state index < -0.39 is 0 Å². The summed E-state index contributed by atoms with van der Waals surface area (Å²) < 4.78 is 0. The zero-order valence-corrected chi connectivity index (χ0v) is 10.6. The SMILES string of the molecule is CCCNC(=O)CN(C)C(=O)C1CNCCN1. The number of nitrogens with zero attached hydrogens (tertiary/aromatic N) is 1. The van der Waals surface area contributed by atoms with E-state index in [9.17, 15) is 9.59 Å². The summed E-state index contributed by atoms with van der Waals surface area (Å²) in [5.41, 5.74) is 0. The van der Waals surface area contributed by atoms with Gasteiger partial charge in [0.05, 0.1) is 12.6 Å². The Hall–Kier alpha value is -1.14. The highest BCUT2D eigenvalue weighted by atomic mass is 16.2. The maximum atomic E-state index is 12.0. The van der Waals surface area contributed by atoms with Gasteiger partial charge in [-0.15, -0.1) is 0 Å². The average Bonchev–Trinajstić information content (AvgIpc) is 2.36. The van der Waals surface area contributed by atoms with Crippen LogP contribution in [-0.4, -0.2) is 62.5 Å². The summed E-state index contributed by atoms with van der Waals surface area (Å²) in [7, 11) is 1.66. The van der Waals surface area contributed by atoms with Crippen molar-refractivity contribution in [2.24, 2.45) is 0 Å². The number of carbonyl (C=O) groups excluding carboxylic acids is 2. The van der Waals surface area contributed by atoms with Crippen molar-refractivity contribution >= 4 is 11.8 Å². The predicted molar refractivity (Wildman–Crippen MR) is 65.6 cm³/mol. The number of hydrogen-bond donors (Lipinski definition) is 3. The molecule has 1 rings (SSSR count). The largest absolute Gasteiger partial charge is 0.355 e. The van der Waals surface area contributed by atoms with E-state index in [0.717, 1.165) is 19.5 Å². The molecule has 1 aliphatic rings. The molecule has 0 bridgehead atoms. The third-order valence-corrected chi connectivity index (χ3v) is 2.67. The molecule has 0 aromatic heterocycles. The normalized spacial score (nSPS) is 19.8. The summed E-state index contributed by atoms with van der Waals surface area (Å²) >= 11 is 0. The summed E-state index contributed by atoms with van der Waals surface area (Å²) in [6.45, 7) is 5.06. The summed E-state index contributed by atoms with van der Waals surface area (Å²) in [5, 5.41) is 9.03. The maximum Gasteiger partial charge on any atom is 0.241 e. The number of amides is 2. The van der Waals surface area contributed by atoms with Crippen molar-refractivity contribution in [2.45, 2.75) is 19.4 Å². The number of likely N-dealkylation sites (N-methyl/N-ethyl adjacent to an activating group) is 1. The van der Waals surface area contributed by atoms with Gasteiger partial charge >= 0.3 is 0 Å². The van der Waals surface area contributed by atoms with Gasteiger partial charge in [0.1, 0.15) is 0 Å². The van der Waals surface area contributed by atoms with E-state index in [1.165, 1.54) is 4.90 Å². The molecule has 0 aliphatic carbocycles. The number of carbonyl (C=O) groups is 2. The molecule has 1 heterocycles. The highest BCUT2D eigenvalue weighted by Gasteiger charge is 2.24. The Morgan fingerprint density at radius 2 is 2.18 bits per heavy atom. The van der Waals surface area contributed by atoms with Gasteiger partial charge in [0.2, 0.25) is 11.8 Å². The van der Waals surface area contributed by atoms with Gasteiger partial charge in [0.25, 0.3) is 0 Å². The van der Waals surface area contributed by atoms with E-state index in [0.29, 0.717) is 13.1 Å². The van der Waals surface area contributed by atoms with Gasteiger partial charge in [-0.3, -0.25) is 9.59 Å². The van der Waals surface area contributed by atoms with E-state index >= 15 is 0 Å². The Morgan fingerprint density at radius 1 is 1.41 bits per heavy atom. The van der Waals surface area contributed by atoms with Crippen LogP contribution in [0.2, 0.25) is 0 Å². The van der Waals surface area contributed by atoms with Crippen LogP contribution in [0.5, 0.6) is 0 Å². The molecule has 2 amide bonds. The molecule has 6 nitrogen and oxygen atoms in total. The molecule has 0 saturated carbocycles. The van der Waals surface area contributed by atoms with Gasteiger partial charge in [-0.05, 0) is 6.42 Å². The fourth-order valence-electron chi connectivity index (χ4n) is 1.71. The molecule has 17 heavy (non-hydrogen) atoms. The van der Waals surface area contributed by atoms with Crippen LogP contribution in [0.3, 0.4) is 0 Å². The zero-order valence-electron chi connectivity index (χ0n) is 10.6. The molecule has 0 spiro atoms. The second-order valence-electron chi connectivity index (χ2n) is 4.26. The van der Waals surface area contributed by atoms with Crippen LogP contribution in [0.25, 0.3) is 0 Å². The monoisotopic (exact) mass is 242 g/mol. The molecule has 6 heteroatoms. The van der Waals surface area contributed by atoms with Crippen molar-refractivity contribution in [3.8, 4) is 0 Å². The summed E-state index contributed by atoms with van der Waals surface area (Å²) in [6.07, 6.45) is 0.900. The topological polar surface area (TPSA) is 73.5 Å². The minimum absolute atomic E-state index is 0.0381. The molecular formula is C11H22N4O2. The molecule has 1 saturated heterocycles. The zero-order chi connectivity index (χ0) is 12.7. The van der Waals surface area contributed by atoms with Crippen molar-refractivity contribution in [1.29, 1.82) is 0 Å². The van der Waals surface area contributed by atoms with Crippen molar-refractivity contribution < 1.29 is 9.59 Å². The third-order valence-electron chi connectivity index (χ3n) is 2.67. The van der Waals surface area contributed by atoms with E-state index in [-0.39, 0.29) is 24.4 Å². The fraction of sp³-hybridized carbons (Fsp3) is 0.818. The van der Waals surface area contributed by atoms with Gasteiger partial charge in [-0.25, -0.2) is 0 Å². The second kappa shape index (κ2) is 7.24. The second-order valence-corrected chi connectivity index (χ2v) is 4.26. The van der Waals surface area contributed by atoms with Crippen LogP contribution in [0.15, 0.2) is 0 Å². The van der Waals surface area contributed by atoms with Gasteiger partial charge < -0.3 is 20.9 Å². The summed E-state index contributed by atoms with van der Waals surface area (Å²) in [5.74, 6) is -0.143. The lowest BCUT2D eigenvalue weighted by Crippen LogP contribution is -2.56. The quantitative estimate of drug-likeness (QED) is 0.550. The van der Waals surface area contributed by atoms with E-state index in [1.54, 1.807) is 7.05 Å². The van der Waals surface area contributed by atoms with Gasteiger partial charge in [-0.1, -0.05) is 6.92 Å². The Labute approximate surface area is 102 Å². The lowest BCUT2D eigenvalue weighted by molar-refractivity contribution is -0.136.